The fourth-order valence-electron chi connectivity index (χ4n) is 2.14. The monoisotopic (exact) mass is 223 g/mol. The van der Waals surface area contributed by atoms with Crippen LogP contribution in [0.1, 0.15) is 31.7 Å². The van der Waals surface area contributed by atoms with Gasteiger partial charge in [-0.15, -0.1) is 5.10 Å². The Labute approximate surface area is 94.5 Å². The summed E-state index contributed by atoms with van der Waals surface area (Å²) in [5, 5.41) is 17.3. The van der Waals surface area contributed by atoms with E-state index in [4.69, 9.17) is 5.11 Å². The van der Waals surface area contributed by atoms with Crippen LogP contribution in [-0.4, -0.2) is 26.1 Å². The van der Waals surface area contributed by atoms with Crippen molar-refractivity contribution in [1.29, 1.82) is 0 Å². The van der Waals surface area contributed by atoms with Crippen molar-refractivity contribution < 1.29 is 9.90 Å². The Morgan fingerprint density at radius 2 is 2.38 bits per heavy atom. The van der Waals surface area contributed by atoms with Gasteiger partial charge in [-0.3, -0.25) is 4.79 Å². The standard InChI is InChI=1S/C11H17N3O2/c1-7(2)6-14-10-5-8(11(15)16)3-4-9(10)12-13-14/h7-8H,3-6H2,1-2H3,(H,15,16)/t8-/m0/s1. The summed E-state index contributed by atoms with van der Waals surface area (Å²) < 4.78 is 1.87. The average molecular weight is 223 g/mol. The van der Waals surface area contributed by atoms with E-state index in [2.05, 4.69) is 24.2 Å². The normalized spacial score (nSPS) is 19.8. The topological polar surface area (TPSA) is 68.0 Å². The maximum absolute atomic E-state index is 11.0. The molecule has 0 amide bonds. The smallest absolute Gasteiger partial charge is 0.306 e. The van der Waals surface area contributed by atoms with Gasteiger partial charge in [0.15, 0.2) is 0 Å². The first kappa shape index (κ1) is 11.1. The molecule has 0 aromatic carbocycles. The molecule has 16 heavy (non-hydrogen) atoms. The van der Waals surface area contributed by atoms with E-state index in [0.717, 1.165) is 24.4 Å². The van der Waals surface area contributed by atoms with E-state index in [-0.39, 0.29) is 5.92 Å². The first-order valence-electron chi connectivity index (χ1n) is 5.72. The van der Waals surface area contributed by atoms with Crippen molar-refractivity contribution in [1.82, 2.24) is 15.0 Å². The summed E-state index contributed by atoms with van der Waals surface area (Å²) in [5.74, 6) is -0.476. The number of carboxylic acids is 1. The lowest BCUT2D eigenvalue weighted by Crippen LogP contribution is -2.24. The van der Waals surface area contributed by atoms with Crippen LogP contribution in [0, 0.1) is 11.8 Å². The second kappa shape index (κ2) is 4.23. The van der Waals surface area contributed by atoms with E-state index in [9.17, 15) is 4.79 Å². The van der Waals surface area contributed by atoms with Crippen LogP contribution in [-0.2, 0) is 24.2 Å². The number of carbonyl (C=O) groups is 1. The van der Waals surface area contributed by atoms with Crippen LogP contribution >= 0.6 is 0 Å². The molecule has 1 aliphatic carbocycles. The molecule has 0 spiro atoms. The molecule has 0 saturated carbocycles. The van der Waals surface area contributed by atoms with Crippen molar-refractivity contribution in [2.24, 2.45) is 11.8 Å². The summed E-state index contributed by atoms with van der Waals surface area (Å²) in [7, 11) is 0. The summed E-state index contributed by atoms with van der Waals surface area (Å²) >= 11 is 0. The molecule has 1 heterocycles. The van der Waals surface area contributed by atoms with Gasteiger partial charge in [0.1, 0.15) is 0 Å². The molecule has 0 radical (unpaired) electrons. The summed E-state index contributed by atoms with van der Waals surface area (Å²) in [6.45, 7) is 5.05. The van der Waals surface area contributed by atoms with Gasteiger partial charge in [-0.05, 0) is 18.8 Å². The molecule has 2 rings (SSSR count). The van der Waals surface area contributed by atoms with Gasteiger partial charge in [-0.25, -0.2) is 4.68 Å². The molecule has 0 aliphatic heterocycles. The number of aliphatic carboxylic acids is 1. The molecule has 0 bridgehead atoms. The lowest BCUT2D eigenvalue weighted by Gasteiger charge is -2.19. The van der Waals surface area contributed by atoms with E-state index < -0.39 is 5.97 Å². The minimum Gasteiger partial charge on any atom is -0.481 e. The number of nitrogens with zero attached hydrogens (tertiary/aromatic N) is 3. The first-order chi connectivity index (χ1) is 7.58. The van der Waals surface area contributed by atoms with Crippen molar-refractivity contribution in [2.45, 2.75) is 39.7 Å². The van der Waals surface area contributed by atoms with Gasteiger partial charge in [0.05, 0.1) is 17.3 Å². The van der Waals surface area contributed by atoms with Gasteiger partial charge in [0.25, 0.3) is 0 Å². The number of hydrogen-bond donors (Lipinski definition) is 1. The predicted octanol–water partition coefficient (Wildman–Crippen LogP) is 1.12. The van der Waals surface area contributed by atoms with E-state index >= 15 is 0 Å². The van der Waals surface area contributed by atoms with Gasteiger partial charge in [0.2, 0.25) is 0 Å². The third-order valence-electron chi connectivity index (χ3n) is 2.97. The average Bonchev–Trinajstić information content (AvgIpc) is 2.60. The van der Waals surface area contributed by atoms with Crippen LogP contribution in [0.4, 0.5) is 0 Å². The second-order valence-corrected chi connectivity index (χ2v) is 4.84. The third-order valence-corrected chi connectivity index (χ3v) is 2.97. The van der Waals surface area contributed by atoms with E-state index in [1.54, 1.807) is 0 Å². The maximum atomic E-state index is 11.0. The minimum atomic E-state index is -0.706. The Morgan fingerprint density at radius 3 is 3.00 bits per heavy atom. The molecule has 1 aromatic rings. The van der Waals surface area contributed by atoms with Gasteiger partial charge >= 0.3 is 5.97 Å². The minimum absolute atomic E-state index is 0.267. The summed E-state index contributed by atoms with van der Waals surface area (Å²) in [4.78, 5) is 11.0. The molecular formula is C11H17N3O2. The Balaban J connectivity index is 2.21. The largest absolute Gasteiger partial charge is 0.481 e. The van der Waals surface area contributed by atoms with Gasteiger partial charge in [-0.2, -0.15) is 0 Å². The van der Waals surface area contributed by atoms with Crippen molar-refractivity contribution >= 4 is 5.97 Å². The maximum Gasteiger partial charge on any atom is 0.306 e. The molecule has 0 fully saturated rings. The number of rotatable bonds is 3. The fourth-order valence-corrected chi connectivity index (χ4v) is 2.14. The summed E-state index contributed by atoms with van der Waals surface area (Å²) in [6, 6.07) is 0. The van der Waals surface area contributed by atoms with Crippen molar-refractivity contribution in [3.05, 3.63) is 11.4 Å². The molecule has 1 N–H and O–H groups in total. The number of fused-ring (bicyclic) bond motifs is 1. The third kappa shape index (κ3) is 2.08. The molecule has 5 heteroatoms. The van der Waals surface area contributed by atoms with Crippen LogP contribution in [0.2, 0.25) is 0 Å². The number of aryl methyl sites for hydroxylation is 1. The van der Waals surface area contributed by atoms with Gasteiger partial charge in [0, 0.05) is 13.0 Å². The lowest BCUT2D eigenvalue weighted by molar-refractivity contribution is -0.142. The van der Waals surface area contributed by atoms with Crippen molar-refractivity contribution in [3.8, 4) is 0 Å². The van der Waals surface area contributed by atoms with Crippen LogP contribution in [0.5, 0.6) is 0 Å². The first-order valence-corrected chi connectivity index (χ1v) is 5.72. The highest BCUT2D eigenvalue weighted by Gasteiger charge is 2.28. The van der Waals surface area contributed by atoms with Crippen molar-refractivity contribution in [2.75, 3.05) is 0 Å². The Kier molecular flexibility index (Phi) is 2.94. The van der Waals surface area contributed by atoms with E-state index in [1.165, 1.54) is 0 Å². The zero-order valence-corrected chi connectivity index (χ0v) is 9.68. The van der Waals surface area contributed by atoms with Crippen LogP contribution in [0.15, 0.2) is 0 Å². The van der Waals surface area contributed by atoms with Crippen LogP contribution in [0.25, 0.3) is 0 Å². The number of hydrogen-bond acceptors (Lipinski definition) is 3. The molecule has 0 saturated heterocycles. The zero-order valence-electron chi connectivity index (χ0n) is 9.68. The van der Waals surface area contributed by atoms with E-state index in [1.807, 2.05) is 4.68 Å². The van der Waals surface area contributed by atoms with Crippen LogP contribution in [0.3, 0.4) is 0 Å². The molecule has 1 aliphatic rings. The fraction of sp³-hybridized carbons (Fsp3) is 0.727. The highest BCUT2D eigenvalue weighted by atomic mass is 16.4. The second-order valence-electron chi connectivity index (χ2n) is 4.84. The number of carboxylic acid groups (broad SMARTS) is 1. The zero-order chi connectivity index (χ0) is 11.7. The lowest BCUT2D eigenvalue weighted by atomic mass is 9.90. The van der Waals surface area contributed by atoms with Gasteiger partial charge < -0.3 is 5.11 Å². The predicted molar refractivity (Wildman–Crippen MR) is 58.0 cm³/mol. The molecule has 1 atom stereocenters. The molecule has 88 valence electrons. The Morgan fingerprint density at radius 1 is 1.62 bits per heavy atom. The summed E-state index contributed by atoms with van der Waals surface area (Å²) in [6.07, 6.45) is 2.00. The highest BCUT2D eigenvalue weighted by Crippen LogP contribution is 2.24. The van der Waals surface area contributed by atoms with Gasteiger partial charge in [-0.1, -0.05) is 19.1 Å². The SMILES string of the molecule is CC(C)Cn1nnc2c1C[C@@H](C(=O)O)CC2. The molecule has 0 unspecified atom stereocenters. The summed E-state index contributed by atoms with van der Waals surface area (Å²) in [5.41, 5.74) is 2.01. The molecule has 1 aromatic heterocycles. The molecular weight excluding hydrogens is 206 g/mol. The Bertz CT molecular complexity index is 398. The molecule has 5 nitrogen and oxygen atoms in total. The van der Waals surface area contributed by atoms with E-state index in [0.29, 0.717) is 18.8 Å². The highest BCUT2D eigenvalue weighted by molar-refractivity contribution is 5.70. The quantitative estimate of drug-likeness (QED) is 0.833. The van der Waals surface area contributed by atoms with Crippen LogP contribution < -0.4 is 0 Å². The number of aromatic nitrogens is 3. The van der Waals surface area contributed by atoms with Crippen molar-refractivity contribution in [3.63, 3.8) is 0 Å². The Hall–Kier alpha value is -1.39.